The second-order valence-electron chi connectivity index (χ2n) is 7.01. The Morgan fingerprint density at radius 2 is 1.50 bits per heavy atom. The summed E-state index contributed by atoms with van der Waals surface area (Å²) in [4.78, 5) is 33.2. The van der Waals surface area contributed by atoms with Gasteiger partial charge in [-0.15, -0.1) is 0 Å². The van der Waals surface area contributed by atoms with E-state index in [1.807, 2.05) is 16.7 Å². The number of nitrogens with zero attached hydrogens (tertiary/aromatic N) is 4. The van der Waals surface area contributed by atoms with Crippen LogP contribution in [0.25, 0.3) is 0 Å². The molecule has 0 aromatic heterocycles. The molecule has 7 nitrogen and oxygen atoms in total. The molecule has 3 heterocycles. The van der Waals surface area contributed by atoms with Gasteiger partial charge in [0.2, 0.25) is 11.8 Å². The fourth-order valence-corrected chi connectivity index (χ4v) is 3.77. The maximum absolute atomic E-state index is 12.5. The van der Waals surface area contributed by atoms with E-state index in [1.165, 1.54) is 0 Å². The molecule has 3 aliphatic rings. The van der Waals surface area contributed by atoms with Crippen molar-refractivity contribution in [1.82, 2.24) is 19.6 Å². The molecule has 0 spiro atoms. The van der Waals surface area contributed by atoms with E-state index >= 15 is 0 Å². The van der Waals surface area contributed by atoms with E-state index in [2.05, 4.69) is 9.80 Å². The third-order valence-electron chi connectivity index (χ3n) is 5.45. The summed E-state index contributed by atoms with van der Waals surface area (Å²) < 4.78 is 5.29. The van der Waals surface area contributed by atoms with Gasteiger partial charge >= 0.3 is 0 Å². The van der Waals surface area contributed by atoms with Gasteiger partial charge < -0.3 is 14.5 Å². The van der Waals surface area contributed by atoms with Crippen molar-refractivity contribution in [2.24, 2.45) is 0 Å². The van der Waals surface area contributed by atoms with Gasteiger partial charge in [0.05, 0.1) is 25.8 Å². The molecule has 1 unspecified atom stereocenters. The summed E-state index contributed by atoms with van der Waals surface area (Å²) in [5.74, 6) is 0.471. The number of ether oxygens (including phenoxy) is 1. The van der Waals surface area contributed by atoms with Gasteiger partial charge in [-0.3, -0.25) is 19.4 Å². The molecule has 0 aromatic rings. The first-order chi connectivity index (χ1) is 11.6. The molecule has 0 N–H and O–H groups in total. The minimum absolute atomic E-state index is 0.0415. The summed E-state index contributed by atoms with van der Waals surface area (Å²) in [5.41, 5.74) is 0. The molecule has 3 saturated heterocycles. The molecule has 3 fully saturated rings. The van der Waals surface area contributed by atoms with E-state index in [1.54, 1.807) is 0 Å². The van der Waals surface area contributed by atoms with Gasteiger partial charge in [0.15, 0.2) is 0 Å². The summed E-state index contributed by atoms with van der Waals surface area (Å²) in [6, 6.07) is -0.0415. The summed E-state index contributed by atoms with van der Waals surface area (Å²) in [6.45, 7) is 10.5. The predicted molar refractivity (Wildman–Crippen MR) is 90.7 cm³/mol. The lowest BCUT2D eigenvalue weighted by Gasteiger charge is -2.39. The van der Waals surface area contributed by atoms with Crippen LogP contribution in [-0.4, -0.2) is 110 Å². The van der Waals surface area contributed by atoms with Crippen LogP contribution in [0.4, 0.5) is 0 Å². The van der Waals surface area contributed by atoms with Crippen LogP contribution in [0.1, 0.15) is 19.8 Å². The van der Waals surface area contributed by atoms with Gasteiger partial charge in [-0.1, -0.05) is 0 Å². The molecule has 2 amide bonds. The van der Waals surface area contributed by atoms with E-state index in [4.69, 9.17) is 4.74 Å². The van der Waals surface area contributed by atoms with Crippen molar-refractivity contribution in [3.05, 3.63) is 0 Å². The fraction of sp³-hybridized carbons (Fsp3) is 0.882. The van der Waals surface area contributed by atoms with Crippen molar-refractivity contribution in [2.75, 3.05) is 72.1 Å². The van der Waals surface area contributed by atoms with Crippen molar-refractivity contribution < 1.29 is 14.3 Å². The molecule has 0 bridgehead atoms. The van der Waals surface area contributed by atoms with Gasteiger partial charge in [0.1, 0.15) is 0 Å². The number of hydrogen-bond acceptors (Lipinski definition) is 5. The molecular weight excluding hydrogens is 308 g/mol. The first kappa shape index (κ1) is 17.6. The van der Waals surface area contributed by atoms with Crippen LogP contribution in [-0.2, 0) is 14.3 Å². The smallest absolute Gasteiger partial charge is 0.239 e. The Hall–Kier alpha value is -1.18. The molecular formula is C17H30N4O3. The highest BCUT2D eigenvalue weighted by Crippen LogP contribution is 2.14. The maximum atomic E-state index is 12.5. The zero-order chi connectivity index (χ0) is 16.9. The largest absolute Gasteiger partial charge is 0.378 e. The van der Waals surface area contributed by atoms with Crippen molar-refractivity contribution in [3.63, 3.8) is 0 Å². The number of piperazine rings is 1. The summed E-state index contributed by atoms with van der Waals surface area (Å²) in [7, 11) is 0. The lowest BCUT2D eigenvalue weighted by molar-refractivity contribution is -0.139. The van der Waals surface area contributed by atoms with E-state index < -0.39 is 0 Å². The van der Waals surface area contributed by atoms with Crippen LogP contribution < -0.4 is 0 Å². The highest BCUT2D eigenvalue weighted by Gasteiger charge is 2.30. The summed E-state index contributed by atoms with van der Waals surface area (Å²) >= 11 is 0. The fourth-order valence-electron chi connectivity index (χ4n) is 3.77. The second-order valence-corrected chi connectivity index (χ2v) is 7.01. The summed E-state index contributed by atoms with van der Waals surface area (Å²) in [5, 5.41) is 0. The molecule has 0 radical (unpaired) electrons. The number of hydrogen-bond donors (Lipinski definition) is 0. The highest BCUT2D eigenvalue weighted by molar-refractivity contribution is 5.81. The molecule has 0 aliphatic carbocycles. The van der Waals surface area contributed by atoms with Crippen LogP contribution in [0.5, 0.6) is 0 Å². The minimum Gasteiger partial charge on any atom is -0.378 e. The first-order valence-electron chi connectivity index (χ1n) is 9.26. The monoisotopic (exact) mass is 338 g/mol. The zero-order valence-corrected chi connectivity index (χ0v) is 14.8. The van der Waals surface area contributed by atoms with Crippen LogP contribution >= 0.6 is 0 Å². The lowest BCUT2D eigenvalue weighted by atomic mass is 10.2. The molecule has 24 heavy (non-hydrogen) atoms. The Balaban J connectivity index is 1.41. The average molecular weight is 338 g/mol. The molecule has 3 aliphatic heterocycles. The van der Waals surface area contributed by atoms with E-state index in [0.717, 1.165) is 52.1 Å². The molecule has 3 rings (SSSR count). The Bertz CT molecular complexity index is 439. The van der Waals surface area contributed by atoms with Gasteiger partial charge in [-0.05, 0) is 19.8 Å². The lowest BCUT2D eigenvalue weighted by Crippen LogP contribution is -2.56. The van der Waals surface area contributed by atoms with Gasteiger partial charge in [-0.25, -0.2) is 0 Å². The standard InChI is InChI=1S/C17H30N4O3/c1-15(17(23)21-4-2-3-5-21)19-8-6-18(7-9-19)14-16(22)20-10-12-24-13-11-20/h15H,2-14H2,1H3. The average Bonchev–Trinajstić information content (AvgIpc) is 3.16. The SMILES string of the molecule is CC(C(=O)N1CCCC1)N1CCN(CC(=O)N2CCOCC2)CC1. The van der Waals surface area contributed by atoms with Gasteiger partial charge in [0, 0.05) is 52.4 Å². The van der Waals surface area contributed by atoms with Crippen molar-refractivity contribution in [1.29, 1.82) is 0 Å². The Morgan fingerprint density at radius 3 is 2.12 bits per heavy atom. The Morgan fingerprint density at radius 1 is 0.875 bits per heavy atom. The third-order valence-corrected chi connectivity index (χ3v) is 5.45. The number of rotatable bonds is 4. The van der Waals surface area contributed by atoms with Crippen molar-refractivity contribution in [2.45, 2.75) is 25.8 Å². The highest BCUT2D eigenvalue weighted by atomic mass is 16.5. The topological polar surface area (TPSA) is 56.3 Å². The molecule has 1 atom stereocenters. The van der Waals surface area contributed by atoms with Crippen LogP contribution in [0.2, 0.25) is 0 Å². The number of amides is 2. The minimum atomic E-state index is -0.0415. The van der Waals surface area contributed by atoms with E-state index in [9.17, 15) is 9.59 Å². The normalized spacial score (nSPS) is 25.0. The predicted octanol–water partition coefficient (Wildman–Crippen LogP) is -0.526. The molecule has 136 valence electrons. The molecule has 0 saturated carbocycles. The van der Waals surface area contributed by atoms with Crippen LogP contribution in [0.3, 0.4) is 0 Å². The van der Waals surface area contributed by atoms with E-state index in [0.29, 0.717) is 32.8 Å². The van der Waals surface area contributed by atoms with Crippen LogP contribution in [0, 0.1) is 0 Å². The molecule has 0 aromatic carbocycles. The number of carbonyl (C=O) groups is 2. The second kappa shape index (κ2) is 8.27. The zero-order valence-electron chi connectivity index (χ0n) is 14.8. The summed E-state index contributed by atoms with van der Waals surface area (Å²) in [6.07, 6.45) is 2.27. The van der Waals surface area contributed by atoms with E-state index in [-0.39, 0.29) is 17.9 Å². The first-order valence-corrected chi connectivity index (χ1v) is 9.26. The number of carbonyl (C=O) groups excluding carboxylic acids is 2. The van der Waals surface area contributed by atoms with Gasteiger partial charge in [-0.2, -0.15) is 0 Å². The molecule has 7 heteroatoms. The van der Waals surface area contributed by atoms with Gasteiger partial charge in [0.25, 0.3) is 0 Å². The quantitative estimate of drug-likeness (QED) is 0.690. The van der Waals surface area contributed by atoms with Crippen LogP contribution in [0.15, 0.2) is 0 Å². The maximum Gasteiger partial charge on any atom is 0.239 e. The van der Waals surface area contributed by atoms with Crippen molar-refractivity contribution in [3.8, 4) is 0 Å². The number of likely N-dealkylation sites (tertiary alicyclic amines) is 1. The number of morpholine rings is 1. The Kier molecular flexibility index (Phi) is 6.08. The third kappa shape index (κ3) is 4.26. The Labute approximate surface area is 144 Å². The van der Waals surface area contributed by atoms with Crippen molar-refractivity contribution >= 4 is 11.8 Å².